The first-order valence-electron chi connectivity index (χ1n) is 8.14. The lowest BCUT2D eigenvalue weighted by Gasteiger charge is -2.22. The summed E-state index contributed by atoms with van der Waals surface area (Å²) >= 11 is 0. The second-order valence-electron chi connectivity index (χ2n) is 6.68. The summed E-state index contributed by atoms with van der Waals surface area (Å²) in [6, 6.07) is 7.80. The molecule has 3 rings (SSSR count). The van der Waals surface area contributed by atoms with Crippen LogP contribution in [0.5, 0.6) is 0 Å². The Bertz CT molecular complexity index is 944. The number of nitrogens with zero attached hydrogens (tertiary/aromatic N) is 3. The van der Waals surface area contributed by atoms with Crippen molar-refractivity contribution in [2.45, 2.75) is 26.4 Å². The van der Waals surface area contributed by atoms with Crippen LogP contribution in [-0.4, -0.2) is 32.3 Å². The van der Waals surface area contributed by atoms with Crippen molar-refractivity contribution in [3.63, 3.8) is 0 Å². The molecule has 6 heteroatoms. The number of hydrogen-bond donors (Lipinski definition) is 2. The van der Waals surface area contributed by atoms with Gasteiger partial charge in [-0.05, 0) is 39.0 Å². The minimum atomic E-state index is -1.20. The molecule has 1 atom stereocenters. The van der Waals surface area contributed by atoms with E-state index in [1.165, 1.54) is 0 Å². The van der Waals surface area contributed by atoms with E-state index in [0.29, 0.717) is 16.8 Å². The molecule has 6 nitrogen and oxygen atoms in total. The van der Waals surface area contributed by atoms with Gasteiger partial charge in [-0.1, -0.05) is 11.6 Å². The fourth-order valence-corrected chi connectivity index (χ4v) is 2.77. The highest BCUT2D eigenvalue weighted by atomic mass is 16.3. The van der Waals surface area contributed by atoms with Gasteiger partial charge in [0, 0.05) is 24.2 Å². The minimum Gasteiger partial charge on any atom is -0.383 e. The van der Waals surface area contributed by atoms with Gasteiger partial charge in [0.1, 0.15) is 5.60 Å². The Labute approximate surface area is 146 Å². The second kappa shape index (κ2) is 6.29. The van der Waals surface area contributed by atoms with Gasteiger partial charge in [0.15, 0.2) is 0 Å². The zero-order chi connectivity index (χ0) is 18.2. The number of carbonyl (C=O) groups is 1. The Kier molecular flexibility index (Phi) is 4.30. The standard InChI is InChI=1S/C19H22N4O2/c1-12-5-6-17-14(7-12)8-16(13(2)22-17)18(24)20-11-19(3,25)15-9-21-23(4)10-15/h5-10,25H,11H2,1-4H3,(H,20,24). The minimum absolute atomic E-state index is 0.0861. The number of aryl methyl sites for hydroxylation is 3. The van der Waals surface area contributed by atoms with Crippen LogP contribution >= 0.6 is 0 Å². The average Bonchev–Trinajstić information content (AvgIpc) is 3.00. The zero-order valence-electron chi connectivity index (χ0n) is 14.9. The van der Waals surface area contributed by atoms with E-state index in [2.05, 4.69) is 15.4 Å². The summed E-state index contributed by atoms with van der Waals surface area (Å²) in [6.07, 6.45) is 3.33. The third kappa shape index (κ3) is 3.53. The number of fused-ring (bicyclic) bond motifs is 1. The van der Waals surface area contributed by atoms with Gasteiger partial charge in [0.05, 0.1) is 29.5 Å². The molecule has 0 aliphatic carbocycles. The van der Waals surface area contributed by atoms with Gasteiger partial charge < -0.3 is 10.4 Å². The van der Waals surface area contributed by atoms with E-state index < -0.39 is 5.60 Å². The molecule has 0 aliphatic heterocycles. The van der Waals surface area contributed by atoms with E-state index in [4.69, 9.17) is 0 Å². The maximum absolute atomic E-state index is 12.6. The highest BCUT2D eigenvalue weighted by Gasteiger charge is 2.26. The van der Waals surface area contributed by atoms with Gasteiger partial charge in [-0.2, -0.15) is 5.10 Å². The van der Waals surface area contributed by atoms with E-state index >= 15 is 0 Å². The summed E-state index contributed by atoms with van der Waals surface area (Å²) in [5.41, 5.74) is 2.61. The molecule has 0 spiro atoms. The van der Waals surface area contributed by atoms with Gasteiger partial charge in [-0.3, -0.25) is 14.5 Å². The first-order valence-corrected chi connectivity index (χ1v) is 8.14. The number of aromatic nitrogens is 3. The van der Waals surface area contributed by atoms with Crippen molar-refractivity contribution in [3.8, 4) is 0 Å². The highest BCUT2D eigenvalue weighted by molar-refractivity contribution is 5.98. The molecule has 0 radical (unpaired) electrons. The van der Waals surface area contributed by atoms with Crippen molar-refractivity contribution in [2.24, 2.45) is 7.05 Å². The molecule has 2 N–H and O–H groups in total. The van der Waals surface area contributed by atoms with Gasteiger partial charge in [0.2, 0.25) is 0 Å². The van der Waals surface area contributed by atoms with Gasteiger partial charge in [-0.25, -0.2) is 0 Å². The first kappa shape index (κ1) is 17.1. The molecular weight excluding hydrogens is 316 g/mol. The summed E-state index contributed by atoms with van der Waals surface area (Å²) in [5, 5.41) is 18.4. The van der Waals surface area contributed by atoms with Crippen molar-refractivity contribution in [1.29, 1.82) is 0 Å². The summed E-state index contributed by atoms with van der Waals surface area (Å²) in [4.78, 5) is 17.1. The monoisotopic (exact) mass is 338 g/mol. The summed E-state index contributed by atoms with van der Waals surface area (Å²) in [6.45, 7) is 5.56. The Balaban J connectivity index is 1.81. The smallest absolute Gasteiger partial charge is 0.253 e. The van der Waals surface area contributed by atoms with Crippen molar-refractivity contribution < 1.29 is 9.90 Å². The van der Waals surface area contributed by atoms with Gasteiger partial charge in [-0.15, -0.1) is 0 Å². The molecule has 1 unspecified atom stereocenters. The number of hydrogen-bond acceptors (Lipinski definition) is 4. The van der Waals surface area contributed by atoms with E-state index in [-0.39, 0.29) is 12.5 Å². The maximum Gasteiger partial charge on any atom is 0.253 e. The fourth-order valence-electron chi connectivity index (χ4n) is 2.77. The molecule has 1 aromatic carbocycles. The molecule has 1 amide bonds. The molecule has 0 saturated heterocycles. The van der Waals surface area contributed by atoms with Crippen LogP contribution < -0.4 is 5.32 Å². The molecule has 0 saturated carbocycles. The first-order chi connectivity index (χ1) is 11.8. The number of amides is 1. The number of pyridine rings is 1. The van der Waals surface area contributed by atoms with E-state index in [9.17, 15) is 9.90 Å². The van der Waals surface area contributed by atoms with Crippen molar-refractivity contribution in [2.75, 3.05) is 6.54 Å². The summed E-state index contributed by atoms with van der Waals surface area (Å²) in [7, 11) is 1.78. The van der Waals surface area contributed by atoms with E-state index in [0.717, 1.165) is 16.5 Å². The van der Waals surface area contributed by atoms with E-state index in [1.807, 2.05) is 38.1 Å². The Morgan fingerprint density at radius 3 is 2.76 bits per heavy atom. The molecular formula is C19H22N4O2. The zero-order valence-corrected chi connectivity index (χ0v) is 14.9. The molecule has 3 aromatic rings. The number of rotatable bonds is 4. The third-order valence-corrected chi connectivity index (χ3v) is 4.33. The summed E-state index contributed by atoms with van der Waals surface area (Å²) < 4.78 is 1.62. The van der Waals surface area contributed by atoms with Crippen molar-refractivity contribution in [1.82, 2.24) is 20.1 Å². The SMILES string of the molecule is Cc1ccc2nc(C)c(C(=O)NCC(C)(O)c3cnn(C)c3)cc2c1. The van der Waals surface area contributed by atoms with Crippen LogP contribution in [0.25, 0.3) is 10.9 Å². The van der Waals surface area contributed by atoms with Gasteiger partial charge in [0.25, 0.3) is 5.91 Å². The Morgan fingerprint density at radius 1 is 1.32 bits per heavy atom. The predicted molar refractivity (Wildman–Crippen MR) is 96.3 cm³/mol. The molecule has 2 heterocycles. The van der Waals surface area contributed by atoms with Crippen LogP contribution in [0.3, 0.4) is 0 Å². The molecule has 0 aliphatic rings. The third-order valence-electron chi connectivity index (χ3n) is 4.33. The maximum atomic E-state index is 12.6. The molecule has 130 valence electrons. The van der Waals surface area contributed by atoms with Crippen molar-refractivity contribution >= 4 is 16.8 Å². The Morgan fingerprint density at radius 2 is 2.08 bits per heavy atom. The van der Waals surface area contributed by atoms with Crippen LogP contribution in [0.15, 0.2) is 36.7 Å². The molecule has 0 bridgehead atoms. The highest BCUT2D eigenvalue weighted by Crippen LogP contribution is 2.20. The average molecular weight is 338 g/mol. The number of carbonyl (C=O) groups excluding carboxylic acids is 1. The summed E-state index contributed by atoms with van der Waals surface area (Å²) in [5.74, 6) is -0.252. The predicted octanol–water partition coefficient (Wildman–Crippen LogP) is 2.22. The normalized spacial score (nSPS) is 13.6. The lowest BCUT2D eigenvalue weighted by atomic mass is 9.99. The van der Waals surface area contributed by atoms with Crippen LogP contribution in [0.2, 0.25) is 0 Å². The molecule has 0 fully saturated rings. The van der Waals surface area contributed by atoms with Crippen LogP contribution in [0.4, 0.5) is 0 Å². The van der Waals surface area contributed by atoms with Crippen LogP contribution in [-0.2, 0) is 12.6 Å². The lowest BCUT2D eigenvalue weighted by molar-refractivity contribution is 0.0525. The fraction of sp³-hybridized carbons (Fsp3) is 0.316. The quantitative estimate of drug-likeness (QED) is 0.764. The van der Waals surface area contributed by atoms with Crippen molar-refractivity contribution in [3.05, 3.63) is 59.0 Å². The van der Waals surface area contributed by atoms with Crippen LogP contribution in [0, 0.1) is 13.8 Å². The molecule has 2 aromatic heterocycles. The van der Waals surface area contributed by atoms with Crippen LogP contribution in [0.1, 0.15) is 34.1 Å². The Hall–Kier alpha value is -2.73. The topological polar surface area (TPSA) is 80.0 Å². The number of benzene rings is 1. The lowest BCUT2D eigenvalue weighted by Crippen LogP contribution is -2.38. The van der Waals surface area contributed by atoms with E-state index in [1.54, 1.807) is 31.0 Å². The largest absolute Gasteiger partial charge is 0.383 e. The molecule has 25 heavy (non-hydrogen) atoms. The number of nitrogens with one attached hydrogen (secondary N) is 1. The van der Waals surface area contributed by atoms with Gasteiger partial charge >= 0.3 is 0 Å². The number of aliphatic hydroxyl groups is 1. The second-order valence-corrected chi connectivity index (χ2v) is 6.68.